The highest BCUT2D eigenvalue weighted by molar-refractivity contribution is 6.42. The molecule has 0 fully saturated rings. The lowest BCUT2D eigenvalue weighted by atomic mass is 10.2. The fourth-order valence-corrected chi connectivity index (χ4v) is 2.54. The van der Waals surface area contributed by atoms with Gasteiger partial charge in [0.25, 0.3) is 0 Å². The summed E-state index contributed by atoms with van der Waals surface area (Å²) in [6.45, 7) is 0.309. The highest BCUT2D eigenvalue weighted by Crippen LogP contribution is 2.23. The zero-order valence-electron chi connectivity index (χ0n) is 13.2. The molecule has 0 aliphatic heterocycles. The predicted octanol–water partition coefficient (Wildman–Crippen LogP) is 2.98. The molecule has 26 heavy (non-hydrogen) atoms. The minimum atomic E-state index is -0.575. The summed E-state index contributed by atoms with van der Waals surface area (Å²) in [4.78, 5) is 22.0. The Kier molecular flexibility index (Phi) is 5.19. The van der Waals surface area contributed by atoms with Crippen LogP contribution in [0.15, 0.2) is 43.0 Å². The molecule has 0 spiro atoms. The second-order valence-corrected chi connectivity index (χ2v) is 6.19. The number of carbonyl (C=O) groups is 1. The van der Waals surface area contributed by atoms with Gasteiger partial charge in [0, 0.05) is 6.20 Å². The van der Waals surface area contributed by atoms with E-state index in [1.54, 1.807) is 23.0 Å². The SMILES string of the molecule is O=C(Cn1cc([N+](=O)[O-])cn1)Nc1cnn(Cc2ccc(Cl)c(Cl)c2)c1. The predicted molar refractivity (Wildman–Crippen MR) is 95.3 cm³/mol. The Hall–Kier alpha value is -2.91. The van der Waals surface area contributed by atoms with Gasteiger partial charge in [-0.25, -0.2) is 0 Å². The number of halogens is 2. The zero-order chi connectivity index (χ0) is 18.7. The van der Waals surface area contributed by atoms with Crippen LogP contribution in [0, 0.1) is 10.1 Å². The van der Waals surface area contributed by atoms with Gasteiger partial charge in [0.15, 0.2) is 0 Å². The van der Waals surface area contributed by atoms with Gasteiger partial charge in [-0.15, -0.1) is 0 Å². The number of hydrogen-bond acceptors (Lipinski definition) is 5. The number of benzene rings is 1. The molecule has 0 saturated carbocycles. The largest absolute Gasteiger partial charge is 0.322 e. The van der Waals surface area contributed by atoms with Crippen LogP contribution < -0.4 is 5.32 Å². The van der Waals surface area contributed by atoms with E-state index in [1.165, 1.54) is 17.1 Å². The quantitative estimate of drug-likeness (QED) is 0.510. The van der Waals surface area contributed by atoms with Gasteiger partial charge in [-0.1, -0.05) is 29.3 Å². The maximum Gasteiger partial charge on any atom is 0.307 e. The Morgan fingerprint density at radius 2 is 1.92 bits per heavy atom. The highest BCUT2D eigenvalue weighted by Gasteiger charge is 2.12. The second-order valence-electron chi connectivity index (χ2n) is 5.38. The Morgan fingerprint density at radius 3 is 2.62 bits per heavy atom. The molecule has 134 valence electrons. The van der Waals surface area contributed by atoms with Gasteiger partial charge in [0.2, 0.25) is 5.91 Å². The van der Waals surface area contributed by atoms with Crippen LogP contribution in [0.3, 0.4) is 0 Å². The maximum atomic E-state index is 12.0. The lowest BCUT2D eigenvalue weighted by Crippen LogP contribution is -2.18. The molecule has 0 radical (unpaired) electrons. The molecule has 3 aromatic rings. The van der Waals surface area contributed by atoms with E-state index >= 15 is 0 Å². The average molecular weight is 395 g/mol. The standard InChI is InChI=1S/C15H12Cl2N6O3/c16-13-2-1-10(3-14(13)17)6-21-7-11(4-18-21)20-15(24)9-22-8-12(5-19-22)23(25)26/h1-5,7-8H,6,9H2,(H,20,24). The molecule has 1 amide bonds. The fraction of sp³-hybridized carbons (Fsp3) is 0.133. The van der Waals surface area contributed by atoms with Crippen molar-refractivity contribution in [2.75, 3.05) is 5.32 Å². The molecule has 1 aromatic carbocycles. The van der Waals surface area contributed by atoms with Crippen LogP contribution in [0.5, 0.6) is 0 Å². The van der Waals surface area contributed by atoms with Crippen LogP contribution in [0.1, 0.15) is 5.56 Å². The molecule has 0 aliphatic carbocycles. The third kappa shape index (κ3) is 4.38. The Balaban J connectivity index is 1.59. The minimum Gasteiger partial charge on any atom is -0.322 e. The number of hydrogen-bond donors (Lipinski definition) is 1. The average Bonchev–Trinajstić information content (AvgIpc) is 3.21. The summed E-state index contributed by atoms with van der Waals surface area (Å²) in [6.07, 6.45) is 5.43. The van der Waals surface area contributed by atoms with Crippen LogP contribution in [0.25, 0.3) is 0 Å². The number of carbonyl (C=O) groups excluding carboxylic acids is 1. The van der Waals surface area contributed by atoms with Crippen molar-refractivity contribution < 1.29 is 9.72 Å². The van der Waals surface area contributed by atoms with E-state index in [2.05, 4.69) is 15.5 Å². The number of nitrogens with one attached hydrogen (secondary N) is 1. The van der Waals surface area contributed by atoms with Crippen molar-refractivity contribution in [1.82, 2.24) is 19.6 Å². The summed E-state index contributed by atoms with van der Waals surface area (Å²) < 4.78 is 2.82. The third-order valence-corrected chi connectivity index (χ3v) is 4.12. The first kappa shape index (κ1) is 17.9. The van der Waals surface area contributed by atoms with E-state index in [0.29, 0.717) is 22.3 Å². The van der Waals surface area contributed by atoms with E-state index < -0.39 is 4.92 Å². The van der Waals surface area contributed by atoms with E-state index in [0.717, 1.165) is 11.8 Å². The first-order chi connectivity index (χ1) is 12.4. The molecule has 2 aromatic heterocycles. The van der Waals surface area contributed by atoms with Gasteiger partial charge in [-0.3, -0.25) is 24.3 Å². The van der Waals surface area contributed by atoms with Crippen molar-refractivity contribution in [2.24, 2.45) is 0 Å². The van der Waals surface area contributed by atoms with E-state index in [-0.39, 0.29) is 18.1 Å². The Bertz CT molecular complexity index is 968. The van der Waals surface area contributed by atoms with Gasteiger partial charge < -0.3 is 5.32 Å². The first-order valence-corrected chi connectivity index (χ1v) is 8.09. The monoisotopic (exact) mass is 394 g/mol. The van der Waals surface area contributed by atoms with Crippen LogP contribution in [-0.2, 0) is 17.9 Å². The van der Waals surface area contributed by atoms with Crippen molar-refractivity contribution >= 4 is 40.5 Å². The Morgan fingerprint density at radius 1 is 1.15 bits per heavy atom. The summed E-state index contributed by atoms with van der Waals surface area (Å²) in [5.41, 5.74) is 1.23. The molecular formula is C15H12Cl2N6O3. The molecular weight excluding hydrogens is 383 g/mol. The van der Waals surface area contributed by atoms with Crippen molar-refractivity contribution in [1.29, 1.82) is 0 Å². The van der Waals surface area contributed by atoms with E-state index in [9.17, 15) is 14.9 Å². The Labute approximate surface area is 157 Å². The summed E-state index contributed by atoms with van der Waals surface area (Å²) >= 11 is 11.9. The normalized spacial score (nSPS) is 10.7. The lowest BCUT2D eigenvalue weighted by Gasteiger charge is -2.04. The first-order valence-electron chi connectivity index (χ1n) is 7.34. The van der Waals surface area contributed by atoms with Crippen molar-refractivity contribution in [3.63, 3.8) is 0 Å². The minimum absolute atomic E-state index is 0.147. The number of nitrogens with zero attached hydrogens (tertiary/aromatic N) is 5. The van der Waals surface area contributed by atoms with Gasteiger partial charge in [-0.05, 0) is 17.7 Å². The molecule has 9 nitrogen and oxygen atoms in total. The van der Waals surface area contributed by atoms with Crippen LogP contribution in [-0.4, -0.2) is 30.4 Å². The number of amides is 1. The second kappa shape index (κ2) is 7.54. The third-order valence-electron chi connectivity index (χ3n) is 3.38. The molecule has 11 heteroatoms. The summed E-state index contributed by atoms with van der Waals surface area (Å²) in [5.74, 6) is -0.378. The van der Waals surface area contributed by atoms with Crippen molar-refractivity contribution in [3.05, 3.63) is 68.7 Å². The van der Waals surface area contributed by atoms with E-state index in [4.69, 9.17) is 23.2 Å². The zero-order valence-corrected chi connectivity index (χ0v) is 14.7. The van der Waals surface area contributed by atoms with Crippen molar-refractivity contribution in [2.45, 2.75) is 13.1 Å². The number of nitro groups is 1. The topological polar surface area (TPSA) is 108 Å². The summed E-state index contributed by atoms with van der Waals surface area (Å²) in [7, 11) is 0. The number of rotatable bonds is 6. The lowest BCUT2D eigenvalue weighted by molar-refractivity contribution is -0.385. The number of aromatic nitrogens is 4. The highest BCUT2D eigenvalue weighted by atomic mass is 35.5. The smallest absolute Gasteiger partial charge is 0.307 e. The van der Waals surface area contributed by atoms with Crippen LogP contribution in [0.2, 0.25) is 10.0 Å². The molecule has 0 aliphatic rings. The van der Waals surface area contributed by atoms with Crippen LogP contribution >= 0.6 is 23.2 Å². The fourth-order valence-electron chi connectivity index (χ4n) is 2.22. The van der Waals surface area contributed by atoms with Gasteiger partial charge in [0.05, 0.1) is 33.4 Å². The maximum absolute atomic E-state index is 12.0. The van der Waals surface area contributed by atoms with Gasteiger partial charge in [0.1, 0.15) is 18.9 Å². The van der Waals surface area contributed by atoms with Crippen LogP contribution in [0.4, 0.5) is 11.4 Å². The molecule has 0 atom stereocenters. The molecule has 3 rings (SSSR count). The molecule has 0 unspecified atom stereocenters. The van der Waals surface area contributed by atoms with E-state index in [1.807, 2.05) is 6.07 Å². The summed E-state index contributed by atoms with van der Waals surface area (Å²) in [6, 6.07) is 5.28. The van der Waals surface area contributed by atoms with Gasteiger partial charge >= 0.3 is 5.69 Å². The van der Waals surface area contributed by atoms with Crippen molar-refractivity contribution in [3.8, 4) is 0 Å². The molecule has 0 saturated heterocycles. The number of anilines is 1. The molecule has 2 heterocycles. The molecule has 0 bridgehead atoms. The van der Waals surface area contributed by atoms with Gasteiger partial charge in [-0.2, -0.15) is 10.2 Å². The molecule has 1 N–H and O–H groups in total. The summed E-state index contributed by atoms with van der Waals surface area (Å²) in [5, 5.41) is 22.1.